The summed E-state index contributed by atoms with van der Waals surface area (Å²) in [6, 6.07) is 8.89. The Morgan fingerprint density at radius 2 is 1.91 bits per heavy atom. The maximum absolute atomic E-state index is 14.0. The number of halogens is 1. The second-order valence-corrected chi connectivity index (χ2v) is 8.54. The molecule has 1 aliphatic carbocycles. The van der Waals surface area contributed by atoms with Gasteiger partial charge in [-0.3, -0.25) is 9.59 Å². The molecule has 2 N–H and O–H groups in total. The molecule has 2 aromatic rings. The molecule has 2 aromatic carbocycles. The molecule has 1 amide bonds. The van der Waals surface area contributed by atoms with Crippen molar-refractivity contribution < 1.29 is 24.2 Å². The summed E-state index contributed by atoms with van der Waals surface area (Å²) < 4.78 is 14.0. The van der Waals surface area contributed by atoms with Gasteiger partial charge in [0.25, 0.3) is 5.91 Å². The van der Waals surface area contributed by atoms with Crippen LogP contribution in [-0.2, 0) is 11.2 Å². The third kappa shape index (κ3) is 5.62. The number of rotatable bonds is 8. The lowest BCUT2D eigenvalue weighted by atomic mass is 9.88. The first kappa shape index (κ1) is 23.7. The molecule has 0 aliphatic heterocycles. The number of carbonyl (C=O) groups excluding carboxylic acids is 1. The van der Waals surface area contributed by atoms with E-state index >= 15 is 0 Å². The van der Waals surface area contributed by atoms with Crippen LogP contribution in [0.1, 0.15) is 59.7 Å². The summed E-state index contributed by atoms with van der Waals surface area (Å²) >= 11 is 0. The van der Waals surface area contributed by atoms with Crippen molar-refractivity contribution in [1.82, 2.24) is 4.90 Å². The molecule has 32 heavy (non-hydrogen) atoms. The molecule has 0 saturated heterocycles. The normalized spacial score (nSPS) is 15.2. The zero-order chi connectivity index (χ0) is 23.3. The maximum Gasteiger partial charge on any atom is 0.307 e. The van der Waals surface area contributed by atoms with E-state index in [9.17, 15) is 24.2 Å². The van der Waals surface area contributed by atoms with E-state index in [1.165, 1.54) is 43.5 Å². The highest BCUT2D eigenvalue weighted by atomic mass is 19.1. The highest BCUT2D eigenvalue weighted by Crippen LogP contribution is 2.32. The Morgan fingerprint density at radius 1 is 1.19 bits per heavy atom. The Morgan fingerprint density at radius 3 is 2.56 bits per heavy atom. The number of benzene rings is 2. The van der Waals surface area contributed by atoms with Crippen molar-refractivity contribution >= 4 is 11.9 Å². The zero-order valence-corrected chi connectivity index (χ0v) is 18.4. The van der Waals surface area contributed by atoms with Gasteiger partial charge in [-0.05, 0) is 65.3 Å². The Kier molecular flexibility index (Phi) is 7.80. The second kappa shape index (κ2) is 10.6. The molecule has 3 rings (SSSR count). The minimum Gasteiger partial charge on any atom is -0.481 e. The molecule has 0 heterocycles. The SMILES string of the molecule is C=CC(O)c1ccc(F)cc1-c1ccc(C(=O)N(C)CC2CCCCC2)c(CC(=O)O)c1. The predicted octanol–water partition coefficient (Wildman–Crippen LogP) is 4.99. The van der Waals surface area contributed by atoms with E-state index in [2.05, 4.69) is 6.58 Å². The number of hydrogen-bond acceptors (Lipinski definition) is 3. The zero-order valence-electron chi connectivity index (χ0n) is 18.4. The Hall–Kier alpha value is -2.99. The van der Waals surface area contributed by atoms with E-state index in [1.807, 2.05) is 0 Å². The van der Waals surface area contributed by atoms with Crippen LogP contribution in [0.5, 0.6) is 0 Å². The monoisotopic (exact) mass is 439 g/mol. The molecular weight excluding hydrogens is 409 g/mol. The van der Waals surface area contributed by atoms with Crippen molar-refractivity contribution in [1.29, 1.82) is 0 Å². The fourth-order valence-electron chi connectivity index (χ4n) is 4.49. The van der Waals surface area contributed by atoms with E-state index in [-0.39, 0.29) is 12.3 Å². The van der Waals surface area contributed by atoms with Gasteiger partial charge in [-0.1, -0.05) is 37.5 Å². The molecule has 0 radical (unpaired) electrons. The molecule has 1 aliphatic rings. The van der Waals surface area contributed by atoms with Crippen LogP contribution in [0, 0.1) is 11.7 Å². The number of nitrogens with zero attached hydrogens (tertiary/aromatic N) is 1. The van der Waals surface area contributed by atoms with E-state index in [0.717, 1.165) is 12.8 Å². The fraction of sp³-hybridized carbons (Fsp3) is 0.385. The van der Waals surface area contributed by atoms with E-state index in [4.69, 9.17) is 0 Å². The molecule has 1 atom stereocenters. The lowest BCUT2D eigenvalue weighted by Gasteiger charge is -2.27. The molecule has 0 aromatic heterocycles. The summed E-state index contributed by atoms with van der Waals surface area (Å²) in [6.45, 7) is 4.23. The molecule has 1 saturated carbocycles. The number of carbonyl (C=O) groups is 2. The third-order valence-electron chi connectivity index (χ3n) is 6.15. The summed E-state index contributed by atoms with van der Waals surface area (Å²) in [7, 11) is 1.75. The van der Waals surface area contributed by atoms with Gasteiger partial charge in [-0.25, -0.2) is 4.39 Å². The number of amides is 1. The van der Waals surface area contributed by atoms with Crippen molar-refractivity contribution in [2.24, 2.45) is 5.92 Å². The first-order valence-corrected chi connectivity index (χ1v) is 11.0. The summed E-state index contributed by atoms with van der Waals surface area (Å²) in [5, 5.41) is 19.7. The van der Waals surface area contributed by atoms with Gasteiger partial charge < -0.3 is 15.1 Å². The summed E-state index contributed by atoms with van der Waals surface area (Å²) in [6.07, 6.45) is 5.81. The van der Waals surface area contributed by atoms with Gasteiger partial charge in [-0.2, -0.15) is 0 Å². The van der Waals surface area contributed by atoms with Gasteiger partial charge in [0.05, 0.1) is 12.5 Å². The third-order valence-corrected chi connectivity index (χ3v) is 6.15. The topological polar surface area (TPSA) is 77.8 Å². The molecule has 6 heteroatoms. The van der Waals surface area contributed by atoms with Crippen LogP contribution < -0.4 is 0 Å². The minimum atomic E-state index is -1.06. The van der Waals surface area contributed by atoms with E-state index in [0.29, 0.717) is 40.3 Å². The van der Waals surface area contributed by atoms with Gasteiger partial charge in [0, 0.05) is 19.2 Å². The first-order chi connectivity index (χ1) is 15.3. The summed E-state index contributed by atoms with van der Waals surface area (Å²) in [5.41, 5.74) is 2.10. The van der Waals surface area contributed by atoms with Crippen molar-refractivity contribution in [2.75, 3.05) is 13.6 Å². The second-order valence-electron chi connectivity index (χ2n) is 8.54. The highest BCUT2D eigenvalue weighted by Gasteiger charge is 2.23. The number of carboxylic acid groups (broad SMARTS) is 1. The Bertz CT molecular complexity index is 997. The summed E-state index contributed by atoms with van der Waals surface area (Å²) in [5.74, 6) is -1.29. The quantitative estimate of drug-likeness (QED) is 0.568. The van der Waals surface area contributed by atoms with Crippen LogP contribution in [0.2, 0.25) is 0 Å². The Balaban J connectivity index is 1.96. The summed E-state index contributed by atoms with van der Waals surface area (Å²) in [4.78, 5) is 26.4. The van der Waals surface area contributed by atoms with Crippen LogP contribution in [0.3, 0.4) is 0 Å². The highest BCUT2D eigenvalue weighted by molar-refractivity contribution is 5.97. The number of aliphatic hydroxyl groups excluding tert-OH is 1. The van der Waals surface area contributed by atoms with Crippen LogP contribution in [0.15, 0.2) is 49.1 Å². The first-order valence-electron chi connectivity index (χ1n) is 11.0. The molecular formula is C26H30FNO4. The van der Waals surface area contributed by atoms with Gasteiger partial charge in [0.2, 0.25) is 0 Å². The van der Waals surface area contributed by atoms with Crippen molar-refractivity contribution in [2.45, 2.75) is 44.6 Å². The van der Waals surface area contributed by atoms with Crippen LogP contribution in [0.25, 0.3) is 11.1 Å². The fourth-order valence-corrected chi connectivity index (χ4v) is 4.49. The number of aliphatic hydroxyl groups is 1. The minimum absolute atomic E-state index is 0.219. The van der Waals surface area contributed by atoms with Crippen molar-refractivity contribution in [3.8, 4) is 11.1 Å². The van der Waals surface area contributed by atoms with Crippen LogP contribution in [0.4, 0.5) is 4.39 Å². The van der Waals surface area contributed by atoms with Crippen molar-refractivity contribution in [3.63, 3.8) is 0 Å². The van der Waals surface area contributed by atoms with E-state index in [1.54, 1.807) is 30.1 Å². The largest absolute Gasteiger partial charge is 0.481 e. The van der Waals surface area contributed by atoms with Gasteiger partial charge in [0.1, 0.15) is 5.82 Å². The predicted molar refractivity (Wildman–Crippen MR) is 122 cm³/mol. The van der Waals surface area contributed by atoms with E-state index < -0.39 is 17.9 Å². The lowest BCUT2D eigenvalue weighted by Crippen LogP contribution is -2.33. The molecule has 0 bridgehead atoms. The molecule has 5 nitrogen and oxygen atoms in total. The average molecular weight is 440 g/mol. The maximum atomic E-state index is 14.0. The number of aliphatic carboxylic acids is 1. The molecule has 1 unspecified atom stereocenters. The van der Waals surface area contributed by atoms with Gasteiger partial charge in [0.15, 0.2) is 0 Å². The molecule has 0 spiro atoms. The standard InChI is InChI=1S/C26H30FNO4/c1-3-24(29)22-12-10-20(27)15-23(22)18-9-11-21(19(13-18)14-25(30)31)26(32)28(2)16-17-7-5-4-6-8-17/h3,9-13,15,17,24,29H,1,4-8,14,16H2,2H3,(H,30,31). The van der Waals surface area contributed by atoms with Gasteiger partial charge in [-0.15, -0.1) is 6.58 Å². The number of hydrogen-bond donors (Lipinski definition) is 2. The smallest absolute Gasteiger partial charge is 0.307 e. The van der Waals surface area contributed by atoms with Crippen LogP contribution in [-0.4, -0.2) is 40.6 Å². The Labute approximate surface area is 188 Å². The lowest BCUT2D eigenvalue weighted by molar-refractivity contribution is -0.136. The van der Waals surface area contributed by atoms with Gasteiger partial charge >= 0.3 is 5.97 Å². The molecule has 170 valence electrons. The van der Waals surface area contributed by atoms with Crippen LogP contribution >= 0.6 is 0 Å². The number of carboxylic acids is 1. The average Bonchev–Trinajstić information content (AvgIpc) is 2.78. The van der Waals surface area contributed by atoms with Crippen molar-refractivity contribution in [3.05, 3.63) is 71.6 Å². The molecule has 1 fully saturated rings.